The molecule has 6 heteroatoms. The van der Waals surface area contributed by atoms with Crippen LogP contribution in [0.5, 0.6) is 0 Å². The van der Waals surface area contributed by atoms with Crippen molar-refractivity contribution in [3.63, 3.8) is 0 Å². The summed E-state index contributed by atoms with van der Waals surface area (Å²) in [6, 6.07) is 0.360. The Morgan fingerprint density at radius 3 is 2.84 bits per heavy atom. The Kier molecular flexibility index (Phi) is 7.53. The maximum atomic E-state index is 12.1. The number of unbranched alkanes of at least 4 members (excludes halogenated alkanes) is 1. The van der Waals surface area contributed by atoms with Gasteiger partial charge in [0, 0.05) is 18.3 Å². The van der Waals surface area contributed by atoms with E-state index in [0.29, 0.717) is 17.1 Å². The van der Waals surface area contributed by atoms with Gasteiger partial charge in [-0.15, -0.1) is 0 Å². The molecular formula is C13H22BrN3OS. The van der Waals surface area contributed by atoms with Crippen molar-refractivity contribution in [2.45, 2.75) is 45.7 Å². The van der Waals surface area contributed by atoms with E-state index in [1.165, 1.54) is 4.68 Å². The van der Waals surface area contributed by atoms with E-state index in [1.807, 2.05) is 0 Å². The average molecular weight is 348 g/mol. The third-order valence-corrected chi connectivity index (χ3v) is 4.43. The highest BCUT2D eigenvalue weighted by molar-refractivity contribution is 9.10. The second kappa shape index (κ2) is 8.64. The van der Waals surface area contributed by atoms with Gasteiger partial charge in [0.05, 0.1) is 11.9 Å². The molecule has 1 aromatic heterocycles. The molecule has 0 aliphatic carbocycles. The van der Waals surface area contributed by atoms with Crippen LogP contribution in [0.2, 0.25) is 0 Å². The van der Waals surface area contributed by atoms with Crippen molar-refractivity contribution in [3.05, 3.63) is 21.0 Å². The van der Waals surface area contributed by atoms with Gasteiger partial charge < -0.3 is 5.32 Å². The minimum Gasteiger partial charge on any atom is -0.379 e. The maximum absolute atomic E-state index is 12.1. The predicted molar refractivity (Wildman–Crippen MR) is 87.2 cm³/mol. The number of hydrogen-bond acceptors (Lipinski definition) is 4. The molecular weight excluding hydrogens is 326 g/mol. The third-order valence-electron chi connectivity index (χ3n) is 2.93. The molecule has 0 amide bonds. The molecule has 1 atom stereocenters. The Hall–Kier alpha value is -0.490. The Morgan fingerprint density at radius 1 is 1.53 bits per heavy atom. The molecule has 0 fully saturated rings. The molecule has 0 saturated heterocycles. The molecule has 0 aromatic carbocycles. The van der Waals surface area contributed by atoms with Gasteiger partial charge in [-0.25, -0.2) is 4.68 Å². The quantitative estimate of drug-likeness (QED) is 0.783. The fourth-order valence-electron chi connectivity index (χ4n) is 1.72. The molecule has 0 spiro atoms. The zero-order chi connectivity index (χ0) is 14.3. The smallest absolute Gasteiger partial charge is 0.283 e. The minimum atomic E-state index is -0.0579. The zero-order valence-corrected chi connectivity index (χ0v) is 14.2. The van der Waals surface area contributed by atoms with Crippen molar-refractivity contribution in [3.8, 4) is 0 Å². The molecule has 1 heterocycles. The van der Waals surface area contributed by atoms with Crippen LogP contribution < -0.4 is 10.9 Å². The van der Waals surface area contributed by atoms with Crippen LogP contribution in [0, 0.1) is 0 Å². The first-order valence-corrected chi connectivity index (χ1v) is 8.83. The standard InChI is InChI=1S/C13H22BrN3OS/c1-4-6-7-17-13(18)12(14)11(8-15-17)16-10(5-2)9-19-3/h8,10,16H,4-7,9H2,1-3H3. The number of nitrogens with one attached hydrogen (secondary N) is 1. The Balaban J connectivity index is 2.86. The van der Waals surface area contributed by atoms with Crippen molar-refractivity contribution >= 4 is 33.4 Å². The summed E-state index contributed by atoms with van der Waals surface area (Å²) in [6.07, 6.45) is 6.87. The molecule has 1 unspecified atom stereocenters. The number of hydrogen-bond donors (Lipinski definition) is 1. The Morgan fingerprint density at radius 2 is 2.26 bits per heavy atom. The molecule has 0 radical (unpaired) electrons. The van der Waals surface area contributed by atoms with Gasteiger partial charge in [0.1, 0.15) is 4.47 Å². The lowest BCUT2D eigenvalue weighted by molar-refractivity contribution is 0.540. The highest BCUT2D eigenvalue weighted by Crippen LogP contribution is 2.19. The summed E-state index contributed by atoms with van der Waals surface area (Å²) >= 11 is 5.19. The number of aromatic nitrogens is 2. The van der Waals surface area contributed by atoms with E-state index in [1.54, 1.807) is 18.0 Å². The molecule has 0 aliphatic rings. The highest BCUT2D eigenvalue weighted by Gasteiger charge is 2.12. The van der Waals surface area contributed by atoms with E-state index in [2.05, 4.69) is 46.4 Å². The van der Waals surface area contributed by atoms with Crippen LogP contribution in [0.15, 0.2) is 15.5 Å². The lowest BCUT2D eigenvalue weighted by Gasteiger charge is -2.18. The highest BCUT2D eigenvalue weighted by atomic mass is 79.9. The minimum absolute atomic E-state index is 0.0579. The lowest BCUT2D eigenvalue weighted by Crippen LogP contribution is -2.27. The van der Waals surface area contributed by atoms with Crippen molar-refractivity contribution in [1.29, 1.82) is 0 Å². The van der Waals surface area contributed by atoms with Gasteiger partial charge in [-0.3, -0.25) is 4.79 Å². The normalized spacial score (nSPS) is 12.4. The van der Waals surface area contributed by atoms with Crippen LogP contribution in [0.25, 0.3) is 0 Å². The summed E-state index contributed by atoms with van der Waals surface area (Å²) in [7, 11) is 0. The number of anilines is 1. The van der Waals surface area contributed by atoms with Crippen molar-refractivity contribution in [2.75, 3.05) is 17.3 Å². The number of halogens is 1. The lowest BCUT2D eigenvalue weighted by atomic mass is 10.2. The first kappa shape index (κ1) is 16.6. The van der Waals surface area contributed by atoms with Gasteiger partial charge in [-0.2, -0.15) is 16.9 Å². The van der Waals surface area contributed by atoms with Gasteiger partial charge in [0.25, 0.3) is 5.56 Å². The van der Waals surface area contributed by atoms with Crippen LogP contribution in [-0.4, -0.2) is 27.8 Å². The van der Waals surface area contributed by atoms with Crippen LogP contribution in [0.1, 0.15) is 33.1 Å². The second-order valence-electron chi connectivity index (χ2n) is 4.46. The largest absolute Gasteiger partial charge is 0.379 e. The molecule has 108 valence electrons. The SMILES string of the molecule is CCCCn1ncc(NC(CC)CSC)c(Br)c1=O. The van der Waals surface area contributed by atoms with Gasteiger partial charge >= 0.3 is 0 Å². The average Bonchev–Trinajstić information content (AvgIpc) is 2.42. The molecule has 0 saturated carbocycles. The number of thioether (sulfide) groups is 1. The van der Waals surface area contributed by atoms with Crippen molar-refractivity contribution in [2.24, 2.45) is 0 Å². The van der Waals surface area contributed by atoms with Gasteiger partial charge in [0.15, 0.2) is 0 Å². The number of rotatable bonds is 8. The van der Waals surface area contributed by atoms with Crippen LogP contribution in [-0.2, 0) is 6.54 Å². The Labute approximate surface area is 127 Å². The van der Waals surface area contributed by atoms with E-state index in [4.69, 9.17) is 0 Å². The first-order valence-electron chi connectivity index (χ1n) is 6.65. The first-order chi connectivity index (χ1) is 9.13. The van der Waals surface area contributed by atoms with Crippen molar-refractivity contribution in [1.82, 2.24) is 9.78 Å². The maximum Gasteiger partial charge on any atom is 0.283 e. The van der Waals surface area contributed by atoms with E-state index < -0.39 is 0 Å². The van der Waals surface area contributed by atoms with E-state index in [0.717, 1.165) is 30.7 Å². The summed E-state index contributed by atoms with van der Waals surface area (Å²) in [5, 5.41) is 7.61. The second-order valence-corrected chi connectivity index (χ2v) is 6.16. The summed E-state index contributed by atoms with van der Waals surface area (Å²) in [5.74, 6) is 1.02. The molecule has 1 rings (SSSR count). The molecule has 19 heavy (non-hydrogen) atoms. The van der Waals surface area contributed by atoms with E-state index in [-0.39, 0.29) is 5.56 Å². The fraction of sp³-hybridized carbons (Fsp3) is 0.692. The zero-order valence-electron chi connectivity index (χ0n) is 11.8. The van der Waals surface area contributed by atoms with E-state index in [9.17, 15) is 4.79 Å². The van der Waals surface area contributed by atoms with Gasteiger partial charge in [-0.1, -0.05) is 20.3 Å². The molecule has 1 aromatic rings. The van der Waals surface area contributed by atoms with Gasteiger partial charge in [0.2, 0.25) is 0 Å². The number of nitrogens with zero attached hydrogens (tertiary/aromatic N) is 2. The van der Waals surface area contributed by atoms with Crippen molar-refractivity contribution < 1.29 is 0 Å². The fourth-order valence-corrected chi connectivity index (χ4v) is 2.86. The van der Waals surface area contributed by atoms with Crippen LogP contribution in [0.4, 0.5) is 5.69 Å². The van der Waals surface area contributed by atoms with Crippen LogP contribution in [0.3, 0.4) is 0 Å². The third kappa shape index (κ3) is 4.84. The summed E-state index contributed by atoms with van der Waals surface area (Å²) in [4.78, 5) is 12.1. The molecule has 0 bridgehead atoms. The molecule has 0 aliphatic heterocycles. The van der Waals surface area contributed by atoms with E-state index >= 15 is 0 Å². The molecule has 4 nitrogen and oxygen atoms in total. The Bertz CT molecular complexity index is 450. The van der Waals surface area contributed by atoms with Gasteiger partial charge in [-0.05, 0) is 35.0 Å². The predicted octanol–water partition coefficient (Wildman–Crippen LogP) is 3.36. The molecule has 1 N–H and O–H groups in total. The monoisotopic (exact) mass is 347 g/mol. The summed E-state index contributed by atoms with van der Waals surface area (Å²) in [6.45, 7) is 4.91. The summed E-state index contributed by atoms with van der Waals surface area (Å²) < 4.78 is 2.10. The summed E-state index contributed by atoms with van der Waals surface area (Å²) in [5.41, 5.74) is 0.733. The topological polar surface area (TPSA) is 46.9 Å². The van der Waals surface area contributed by atoms with Crippen LogP contribution >= 0.6 is 27.7 Å². The number of aryl methyl sites for hydroxylation is 1.